The minimum Gasteiger partial charge on any atom is -0.314 e. The molecule has 0 aliphatic carbocycles. The fourth-order valence-electron chi connectivity index (χ4n) is 4.23. The van der Waals surface area contributed by atoms with E-state index >= 15 is 0 Å². The van der Waals surface area contributed by atoms with Crippen LogP contribution in [0, 0.1) is 20.8 Å². The number of amides is 1. The van der Waals surface area contributed by atoms with Crippen LogP contribution in [-0.4, -0.2) is 54.3 Å². The first-order chi connectivity index (χ1) is 14.0. The van der Waals surface area contributed by atoms with Gasteiger partial charge in [-0.1, -0.05) is 53.6 Å². The van der Waals surface area contributed by atoms with Crippen LogP contribution in [0.1, 0.15) is 40.3 Å². The van der Waals surface area contributed by atoms with Crippen LogP contribution >= 0.6 is 0 Å². The van der Waals surface area contributed by atoms with Gasteiger partial charge in [0.05, 0.1) is 18.3 Å². The number of hydrogen-bond donors (Lipinski definition) is 1. The highest BCUT2D eigenvalue weighted by atomic mass is 16.2. The highest BCUT2D eigenvalue weighted by molar-refractivity contribution is 6.03. The Bertz CT molecular complexity index is 930. The van der Waals surface area contributed by atoms with Gasteiger partial charge >= 0.3 is 0 Å². The zero-order chi connectivity index (χ0) is 20.4. The normalized spacial score (nSPS) is 20.0. The van der Waals surface area contributed by atoms with E-state index in [1.54, 1.807) is 5.01 Å². The molecule has 0 radical (unpaired) electrons. The summed E-state index contributed by atoms with van der Waals surface area (Å²) in [6, 6.07) is 14.8. The second-order valence-electron chi connectivity index (χ2n) is 8.26. The number of hydrogen-bond acceptors (Lipinski definition) is 4. The molecule has 5 nitrogen and oxygen atoms in total. The Kier molecular flexibility index (Phi) is 5.79. The number of hydrazone groups is 1. The topological polar surface area (TPSA) is 47.9 Å². The van der Waals surface area contributed by atoms with Crippen LogP contribution in [0.4, 0.5) is 0 Å². The summed E-state index contributed by atoms with van der Waals surface area (Å²) in [7, 11) is 0. The lowest BCUT2D eigenvalue weighted by Crippen LogP contribution is -2.47. The van der Waals surface area contributed by atoms with Gasteiger partial charge in [0.25, 0.3) is 5.91 Å². The van der Waals surface area contributed by atoms with E-state index in [1.807, 2.05) is 0 Å². The quantitative estimate of drug-likeness (QED) is 0.872. The Morgan fingerprint density at radius 1 is 1.07 bits per heavy atom. The number of carbonyl (C=O) groups is 1. The standard InChI is InChI=1S/C24H30N4O/c1-17-5-4-6-20(13-17)22-15-23(21-14-18(2)7-8-19(21)3)28(26-22)24(29)16-27-11-9-25-10-12-27/h4-8,13-14,23,25H,9-12,15-16H2,1-3H3. The van der Waals surface area contributed by atoms with Crippen molar-refractivity contribution >= 4 is 11.6 Å². The van der Waals surface area contributed by atoms with Gasteiger partial charge in [-0.05, 0) is 37.5 Å². The van der Waals surface area contributed by atoms with Gasteiger partial charge in [-0.2, -0.15) is 5.10 Å². The average Bonchev–Trinajstić information content (AvgIpc) is 3.16. The summed E-state index contributed by atoms with van der Waals surface area (Å²) >= 11 is 0. The summed E-state index contributed by atoms with van der Waals surface area (Å²) in [5.41, 5.74) is 6.93. The number of piperazine rings is 1. The van der Waals surface area contributed by atoms with Crippen LogP contribution in [-0.2, 0) is 4.79 Å². The van der Waals surface area contributed by atoms with Crippen LogP contribution in [0.3, 0.4) is 0 Å². The molecule has 2 heterocycles. The van der Waals surface area contributed by atoms with Crippen LogP contribution in [0.15, 0.2) is 47.6 Å². The van der Waals surface area contributed by atoms with Gasteiger partial charge in [0.1, 0.15) is 0 Å². The van der Waals surface area contributed by atoms with Gasteiger partial charge in [-0.15, -0.1) is 0 Å². The van der Waals surface area contributed by atoms with Crippen molar-refractivity contribution in [3.8, 4) is 0 Å². The predicted molar refractivity (Wildman–Crippen MR) is 117 cm³/mol. The molecule has 2 aromatic carbocycles. The number of aryl methyl sites for hydroxylation is 3. The van der Waals surface area contributed by atoms with E-state index in [0.29, 0.717) is 6.54 Å². The van der Waals surface area contributed by atoms with Crippen molar-refractivity contribution in [3.05, 3.63) is 70.3 Å². The van der Waals surface area contributed by atoms with E-state index in [4.69, 9.17) is 5.10 Å². The fraction of sp³-hybridized carbons (Fsp3) is 0.417. The molecule has 1 unspecified atom stereocenters. The van der Waals surface area contributed by atoms with Crippen LogP contribution < -0.4 is 5.32 Å². The number of nitrogens with zero attached hydrogens (tertiary/aromatic N) is 3. The van der Waals surface area contributed by atoms with Gasteiger partial charge < -0.3 is 5.32 Å². The minimum absolute atomic E-state index is 0.0409. The maximum atomic E-state index is 13.3. The van der Waals surface area contributed by atoms with Crippen molar-refractivity contribution < 1.29 is 4.79 Å². The Balaban J connectivity index is 1.65. The van der Waals surface area contributed by atoms with Crippen LogP contribution in [0.25, 0.3) is 0 Å². The van der Waals surface area contributed by atoms with E-state index in [9.17, 15) is 4.79 Å². The molecule has 0 spiro atoms. The van der Waals surface area contributed by atoms with Gasteiger partial charge in [0.2, 0.25) is 0 Å². The highest BCUT2D eigenvalue weighted by Crippen LogP contribution is 2.35. The molecule has 2 aliphatic heterocycles. The maximum Gasteiger partial charge on any atom is 0.257 e. The smallest absolute Gasteiger partial charge is 0.257 e. The van der Waals surface area contributed by atoms with Gasteiger partial charge in [-0.25, -0.2) is 5.01 Å². The largest absolute Gasteiger partial charge is 0.314 e. The maximum absolute atomic E-state index is 13.3. The Morgan fingerprint density at radius 2 is 1.83 bits per heavy atom. The monoisotopic (exact) mass is 390 g/mol. The van der Waals surface area contributed by atoms with Gasteiger partial charge in [-0.3, -0.25) is 9.69 Å². The molecule has 4 rings (SSSR count). The first-order valence-corrected chi connectivity index (χ1v) is 10.5. The summed E-state index contributed by atoms with van der Waals surface area (Å²) < 4.78 is 0. The zero-order valence-corrected chi connectivity index (χ0v) is 17.6. The Labute approximate surface area is 173 Å². The number of carbonyl (C=O) groups excluding carboxylic acids is 1. The molecule has 0 aromatic heterocycles. The third kappa shape index (κ3) is 4.41. The van der Waals surface area contributed by atoms with E-state index in [-0.39, 0.29) is 11.9 Å². The highest BCUT2D eigenvalue weighted by Gasteiger charge is 2.34. The number of rotatable bonds is 4. The van der Waals surface area contributed by atoms with E-state index in [1.165, 1.54) is 22.3 Å². The molecular formula is C24H30N4O. The van der Waals surface area contributed by atoms with Crippen molar-refractivity contribution in [1.29, 1.82) is 0 Å². The molecule has 152 valence electrons. The molecule has 2 aliphatic rings. The van der Waals surface area contributed by atoms with E-state index in [0.717, 1.165) is 43.9 Å². The Morgan fingerprint density at radius 3 is 2.59 bits per heavy atom. The molecular weight excluding hydrogens is 360 g/mol. The lowest BCUT2D eigenvalue weighted by Gasteiger charge is -2.30. The second-order valence-corrected chi connectivity index (χ2v) is 8.26. The average molecular weight is 391 g/mol. The molecule has 1 N–H and O–H groups in total. The summed E-state index contributed by atoms with van der Waals surface area (Å²) in [4.78, 5) is 15.5. The van der Waals surface area contributed by atoms with E-state index in [2.05, 4.69) is 73.5 Å². The molecule has 5 heteroatoms. The number of nitrogens with one attached hydrogen (secondary N) is 1. The molecule has 1 atom stereocenters. The molecule has 1 fully saturated rings. The number of benzene rings is 2. The third-order valence-electron chi connectivity index (χ3n) is 5.88. The first kappa shape index (κ1) is 19.8. The molecule has 0 saturated carbocycles. The van der Waals surface area contributed by atoms with Crippen LogP contribution in [0.2, 0.25) is 0 Å². The SMILES string of the molecule is Cc1cccc(C2=NN(C(=O)CN3CCNCC3)C(c3cc(C)ccc3C)C2)c1. The minimum atomic E-state index is -0.0409. The van der Waals surface area contributed by atoms with Crippen molar-refractivity contribution in [2.75, 3.05) is 32.7 Å². The summed E-state index contributed by atoms with van der Waals surface area (Å²) in [5.74, 6) is 0.0838. The lowest BCUT2D eigenvalue weighted by atomic mass is 9.93. The molecule has 0 bridgehead atoms. The fourth-order valence-corrected chi connectivity index (χ4v) is 4.23. The first-order valence-electron chi connectivity index (χ1n) is 10.5. The van der Waals surface area contributed by atoms with Crippen LogP contribution in [0.5, 0.6) is 0 Å². The van der Waals surface area contributed by atoms with Gasteiger partial charge in [0.15, 0.2) is 0 Å². The van der Waals surface area contributed by atoms with Crippen molar-refractivity contribution in [2.24, 2.45) is 5.10 Å². The van der Waals surface area contributed by atoms with Crippen molar-refractivity contribution in [3.63, 3.8) is 0 Å². The molecule has 1 saturated heterocycles. The Hall–Kier alpha value is -2.50. The summed E-state index contributed by atoms with van der Waals surface area (Å²) in [6.07, 6.45) is 0.751. The summed E-state index contributed by atoms with van der Waals surface area (Å²) in [6.45, 7) is 10.4. The van der Waals surface area contributed by atoms with Crippen molar-refractivity contribution in [2.45, 2.75) is 33.2 Å². The predicted octanol–water partition coefficient (Wildman–Crippen LogP) is 3.19. The molecule has 29 heavy (non-hydrogen) atoms. The summed E-state index contributed by atoms with van der Waals surface area (Å²) in [5, 5.41) is 9.95. The third-order valence-corrected chi connectivity index (χ3v) is 5.88. The van der Waals surface area contributed by atoms with Crippen molar-refractivity contribution in [1.82, 2.24) is 15.2 Å². The lowest BCUT2D eigenvalue weighted by molar-refractivity contribution is -0.134. The zero-order valence-electron chi connectivity index (χ0n) is 17.6. The van der Waals surface area contributed by atoms with E-state index < -0.39 is 0 Å². The second kappa shape index (κ2) is 8.47. The van der Waals surface area contributed by atoms with Gasteiger partial charge in [0, 0.05) is 32.6 Å². The molecule has 1 amide bonds. The molecule has 2 aromatic rings.